The van der Waals surface area contributed by atoms with Gasteiger partial charge in [-0.2, -0.15) is 0 Å². The smallest absolute Gasteiger partial charge is 0.407 e. The molecule has 1 heterocycles. The minimum absolute atomic E-state index is 0.0331. The highest BCUT2D eigenvalue weighted by Crippen LogP contribution is 2.19. The molecule has 3 amide bonds. The molecule has 1 aliphatic rings. The third-order valence-electron chi connectivity index (χ3n) is 3.26. The van der Waals surface area contributed by atoms with Crippen LogP contribution in [0.25, 0.3) is 0 Å². The number of nitrogens with zero attached hydrogens (tertiary/aromatic N) is 1. The molecule has 0 bridgehead atoms. The minimum atomic E-state index is -0.544. The molecule has 7 nitrogen and oxygen atoms in total. The van der Waals surface area contributed by atoms with Gasteiger partial charge in [-0.1, -0.05) is 13.8 Å². The molecular weight excluding hydrogens is 298 g/mol. The van der Waals surface area contributed by atoms with Crippen molar-refractivity contribution in [3.8, 4) is 0 Å². The van der Waals surface area contributed by atoms with Gasteiger partial charge in [0.1, 0.15) is 5.60 Å². The van der Waals surface area contributed by atoms with Gasteiger partial charge in [-0.3, -0.25) is 9.59 Å². The summed E-state index contributed by atoms with van der Waals surface area (Å²) in [5.41, 5.74) is -0.544. The van der Waals surface area contributed by atoms with E-state index in [9.17, 15) is 14.4 Å². The molecule has 0 spiro atoms. The molecule has 1 saturated heterocycles. The van der Waals surface area contributed by atoms with Gasteiger partial charge in [-0.05, 0) is 26.7 Å². The fraction of sp³-hybridized carbons (Fsp3) is 0.812. The SMILES string of the molecule is CC(C)CN1C[C@H](C(=O)NCCNC(=O)OC(C)(C)C)CC1=O. The topological polar surface area (TPSA) is 87.7 Å². The van der Waals surface area contributed by atoms with Gasteiger partial charge in [0, 0.05) is 32.6 Å². The molecule has 0 aromatic carbocycles. The van der Waals surface area contributed by atoms with E-state index in [2.05, 4.69) is 10.6 Å². The van der Waals surface area contributed by atoms with Crippen LogP contribution in [0.1, 0.15) is 41.0 Å². The zero-order valence-electron chi connectivity index (χ0n) is 14.8. The normalized spacial score (nSPS) is 18.3. The average molecular weight is 327 g/mol. The number of rotatable bonds is 6. The molecule has 23 heavy (non-hydrogen) atoms. The molecule has 0 aliphatic carbocycles. The highest BCUT2D eigenvalue weighted by atomic mass is 16.6. The van der Waals surface area contributed by atoms with Gasteiger partial charge in [-0.25, -0.2) is 4.79 Å². The number of likely N-dealkylation sites (tertiary alicyclic amines) is 1. The summed E-state index contributed by atoms with van der Waals surface area (Å²) in [7, 11) is 0. The van der Waals surface area contributed by atoms with E-state index in [4.69, 9.17) is 4.74 Å². The summed E-state index contributed by atoms with van der Waals surface area (Å²) in [5.74, 6) is -0.0251. The number of hydrogen-bond donors (Lipinski definition) is 2. The number of nitrogens with one attached hydrogen (secondary N) is 2. The number of hydrogen-bond acceptors (Lipinski definition) is 4. The summed E-state index contributed by atoms with van der Waals surface area (Å²) < 4.78 is 5.10. The van der Waals surface area contributed by atoms with Gasteiger partial charge < -0.3 is 20.3 Å². The van der Waals surface area contributed by atoms with E-state index >= 15 is 0 Å². The molecule has 1 fully saturated rings. The number of carbonyl (C=O) groups is 3. The first-order valence-electron chi connectivity index (χ1n) is 8.11. The van der Waals surface area contributed by atoms with Crippen molar-refractivity contribution in [2.75, 3.05) is 26.2 Å². The largest absolute Gasteiger partial charge is 0.444 e. The van der Waals surface area contributed by atoms with E-state index in [0.717, 1.165) is 0 Å². The van der Waals surface area contributed by atoms with Crippen LogP contribution in [-0.4, -0.2) is 54.6 Å². The second kappa shape index (κ2) is 8.17. The summed E-state index contributed by atoms with van der Waals surface area (Å²) in [6.07, 6.45) is -0.246. The van der Waals surface area contributed by atoms with E-state index in [0.29, 0.717) is 25.6 Å². The number of alkyl carbamates (subject to hydrolysis) is 1. The van der Waals surface area contributed by atoms with E-state index in [1.807, 2.05) is 13.8 Å². The highest BCUT2D eigenvalue weighted by molar-refractivity contribution is 5.89. The highest BCUT2D eigenvalue weighted by Gasteiger charge is 2.34. The van der Waals surface area contributed by atoms with Crippen LogP contribution in [0.5, 0.6) is 0 Å². The third kappa shape index (κ3) is 7.34. The monoisotopic (exact) mass is 327 g/mol. The Bertz CT molecular complexity index is 443. The summed E-state index contributed by atoms with van der Waals surface area (Å²) in [6, 6.07) is 0. The maximum atomic E-state index is 12.1. The van der Waals surface area contributed by atoms with Crippen molar-refractivity contribution < 1.29 is 19.1 Å². The van der Waals surface area contributed by atoms with Crippen LogP contribution in [-0.2, 0) is 14.3 Å². The molecule has 0 aromatic rings. The van der Waals surface area contributed by atoms with Crippen LogP contribution in [0.4, 0.5) is 4.79 Å². The van der Waals surface area contributed by atoms with Crippen LogP contribution in [0, 0.1) is 11.8 Å². The summed E-state index contributed by atoms with van der Waals surface area (Å²) in [4.78, 5) is 37.1. The van der Waals surface area contributed by atoms with Crippen molar-refractivity contribution in [3.05, 3.63) is 0 Å². The molecule has 132 valence electrons. The molecule has 1 aliphatic heterocycles. The maximum absolute atomic E-state index is 12.1. The number of amides is 3. The average Bonchev–Trinajstić information content (AvgIpc) is 2.73. The lowest BCUT2D eigenvalue weighted by atomic mass is 10.1. The maximum Gasteiger partial charge on any atom is 0.407 e. The predicted molar refractivity (Wildman–Crippen MR) is 86.8 cm³/mol. The van der Waals surface area contributed by atoms with Gasteiger partial charge in [-0.15, -0.1) is 0 Å². The Hall–Kier alpha value is -1.79. The minimum Gasteiger partial charge on any atom is -0.444 e. The molecule has 0 unspecified atom stereocenters. The number of carbonyl (C=O) groups excluding carboxylic acids is 3. The standard InChI is InChI=1S/C16H29N3O4/c1-11(2)9-19-10-12(8-13(19)20)14(21)17-6-7-18-15(22)23-16(3,4)5/h11-12H,6-10H2,1-5H3,(H,17,21)(H,18,22)/t12-/m1/s1. The van der Waals surface area contributed by atoms with Gasteiger partial charge in [0.15, 0.2) is 0 Å². The van der Waals surface area contributed by atoms with Gasteiger partial charge in [0.25, 0.3) is 0 Å². The van der Waals surface area contributed by atoms with Crippen molar-refractivity contribution >= 4 is 17.9 Å². The summed E-state index contributed by atoms with van der Waals surface area (Å²) in [6.45, 7) is 11.2. The molecule has 0 aromatic heterocycles. The Balaban J connectivity index is 2.25. The van der Waals surface area contributed by atoms with E-state index in [1.54, 1.807) is 25.7 Å². The van der Waals surface area contributed by atoms with Crippen LogP contribution in [0.15, 0.2) is 0 Å². The molecule has 7 heteroatoms. The lowest BCUT2D eigenvalue weighted by Crippen LogP contribution is -2.40. The second-order valence-corrected chi connectivity index (χ2v) is 7.31. The van der Waals surface area contributed by atoms with Crippen molar-refractivity contribution in [1.29, 1.82) is 0 Å². The number of ether oxygens (including phenoxy) is 1. The molecule has 1 rings (SSSR count). The summed E-state index contributed by atoms with van der Waals surface area (Å²) in [5, 5.41) is 5.32. The second-order valence-electron chi connectivity index (χ2n) is 7.31. The first-order valence-corrected chi connectivity index (χ1v) is 8.11. The van der Waals surface area contributed by atoms with E-state index in [-0.39, 0.29) is 30.7 Å². The van der Waals surface area contributed by atoms with Gasteiger partial charge in [0.05, 0.1) is 5.92 Å². The molecule has 2 N–H and O–H groups in total. The Morgan fingerprint density at radius 1 is 1.26 bits per heavy atom. The van der Waals surface area contributed by atoms with Crippen molar-refractivity contribution in [2.45, 2.75) is 46.6 Å². The van der Waals surface area contributed by atoms with Gasteiger partial charge >= 0.3 is 6.09 Å². The zero-order chi connectivity index (χ0) is 17.6. The Morgan fingerprint density at radius 3 is 2.43 bits per heavy atom. The molecular formula is C16H29N3O4. The zero-order valence-corrected chi connectivity index (χ0v) is 14.8. The lowest BCUT2D eigenvalue weighted by molar-refractivity contribution is -0.129. The van der Waals surface area contributed by atoms with Crippen molar-refractivity contribution in [1.82, 2.24) is 15.5 Å². The van der Waals surface area contributed by atoms with Crippen LogP contribution in [0.2, 0.25) is 0 Å². The summed E-state index contributed by atoms with van der Waals surface area (Å²) >= 11 is 0. The predicted octanol–water partition coefficient (Wildman–Crippen LogP) is 1.13. The lowest BCUT2D eigenvalue weighted by Gasteiger charge is -2.20. The molecule has 0 radical (unpaired) electrons. The van der Waals surface area contributed by atoms with Crippen LogP contribution >= 0.6 is 0 Å². The van der Waals surface area contributed by atoms with Crippen LogP contribution < -0.4 is 10.6 Å². The van der Waals surface area contributed by atoms with Crippen molar-refractivity contribution in [2.24, 2.45) is 11.8 Å². The van der Waals surface area contributed by atoms with Crippen molar-refractivity contribution in [3.63, 3.8) is 0 Å². The Morgan fingerprint density at radius 2 is 1.87 bits per heavy atom. The first kappa shape index (κ1) is 19.3. The third-order valence-corrected chi connectivity index (χ3v) is 3.26. The fourth-order valence-corrected chi connectivity index (χ4v) is 2.37. The van der Waals surface area contributed by atoms with Crippen LogP contribution in [0.3, 0.4) is 0 Å². The van der Waals surface area contributed by atoms with E-state index in [1.165, 1.54) is 0 Å². The first-order chi connectivity index (χ1) is 10.6. The molecule has 0 saturated carbocycles. The Kier molecular flexibility index (Phi) is 6.84. The molecule has 1 atom stereocenters. The van der Waals surface area contributed by atoms with E-state index < -0.39 is 11.7 Å². The quantitative estimate of drug-likeness (QED) is 0.716. The Labute approximate surface area is 138 Å². The van der Waals surface area contributed by atoms with Gasteiger partial charge in [0.2, 0.25) is 11.8 Å². The fourth-order valence-electron chi connectivity index (χ4n) is 2.37.